The fourth-order valence-corrected chi connectivity index (χ4v) is 0. The Morgan fingerprint density at radius 3 is 1.25 bits per heavy atom. The number of carboxylic acids is 1. The van der Waals surface area contributed by atoms with Gasteiger partial charge in [0.1, 0.15) is 0 Å². The van der Waals surface area contributed by atoms with Gasteiger partial charge in [-0.25, -0.2) is 0 Å². The molecule has 0 spiro atoms. The normalized spacial score (nSPS) is 3.12. The van der Waals surface area contributed by atoms with E-state index in [1.807, 2.05) is 0 Å². The molecule has 0 aromatic carbocycles. The van der Waals surface area contributed by atoms with Gasteiger partial charge in [0.25, 0.3) is 0 Å². The summed E-state index contributed by atoms with van der Waals surface area (Å²) in [5.41, 5.74) is 0. The molecule has 0 aliphatic rings. The number of hydrogen-bond acceptors (Lipinski definition) is 2. The zero-order valence-electron chi connectivity index (χ0n) is 3.84. The largest absolute Gasteiger partial charge is 1.00 e. The number of hydrogen-bond donors (Lipinski definition) is 0. The minimum Gasteiger partial charge on any atom is -0.550 e. The third kappa shape index (κ3) is 2220000000. The Kier molecular flexibility index (Phi) is 152. The summed E-state index contributed by atoms with van der Waals surface area (Å²) in [5.74, 6) is -1.08. The summed E-state index contributed by atoms with van der Waals surface area (Å²) in [6.07, 6.45) is 0. The van der Waals surface area contributed by atoms with Gasteiger partial charge in [0, 0.05) is 5.97 Å². The second-order valence-electron chi connectivity index (χ2n) is 0.492. The first-order valence-corrected chi connectivity index (χ1v) is 0.908. The molecule has 0 aliphatic heterocycles. The number of carbonyl (C=O) groups excluding carboxylic acids is 1. The molecule has 0 N–H and O–H groups in total. The maximum Gasteiger partial charge on any atom is 1.00 e. The van der Waals surface area contributed by atoms with Crippen LogP contribution in [0.3, 0.4) is 0 Å². The number of rotatable bonds is 0. The average molecular weight is 227 g/mol. The SMILES string of the molecule is CC(=O)[O-].F.F.F.[Ag+]. The van der Waals surface area contributed by atoms with Crippen LogP contribution >= 0.6 is 0 Å². The fourth-order valence-electron chi connectivity index (χ4n) is 0. The minimum absolute atomic E-state index is 0. The quantitative estimate of drug-likeness (QED) is 0.509. The smallest absolute Gasteiger partial charge is 0.550 e. The van der Waals surface area contributed by atoms with Gasteiger partial charge in [-0.05, 0) is 6.92 Å². The maximum absolute atomic E-state index is 8.89. The van der Waals surface area contributed by atoms with E-state index in [0.717, 1.165) is 6.92 Å². The standard InChI is InChI=1S/C2H4O2.Ag.3FH/c1-2(3)4;;;;/h1H3,(H,3,4);;3*1H/q;+1;;;/p-1. The number of carbonyl (C=O) groups is 1. The third-order valence-electron chi connectivity index (χ3n) is 0. The van der Waals surface area contributed by atoms with Crippen LogP contribution in [0.15, 0.2) is 0 Å². The summed E-state index contributed by atoms with van der Waals surface area (Å²) in [7, 11) is 0. The van der Waals surface area contributed by atoms with Gasteiger partial charge in [0.15, 0.2) is 0 Å². The van der Waals surface area contributed by atoms with Gasteiger partial charge in [0.2, 0.25) is 0 Å². The molecule has 0 amide bonds. The Bertz CT molecular complexity index is 38.3. The number of carboxylic acid groups (broad SMARTS) is 1. The third-order valence-corrected chi connectivity index (χ3v) is 0. The molecule has 6 heteroatoms. The first kappa shape index (κ1) is 43.6. The Morgan fingerprint density at radius 2 is 1.25 bits per heavy atom. The molecule has 2 nitrogen and oxygen atoms in total. The van der Waals surface area contributed by atoms with Crippen LogP contribution in [0.2, 0.25) is 0 Å². The predicted octanol–water partition coefficient (Wildman–Crippen LogP) is -0.789. The molecule has 8 heavy (non-hydrogen) atoms. The Hall–Kier alpha value is 0.000260. The van der Waals surface area contributed by atoms with E-state index in [9.17, 15) is 0 Å². The Labute approximate surface area is 59.9 Å². The van der Waals surface area contributed by atoms with E-state index in [4.69, 9.17) is 9.90 Å². The van der Waals surface area contributed by atoms with Crippen molar-refractivity contribution in [3.05, 3.63) is 0 Å². The Balaban J connectivity index is -0.00000000750. The van der Waals surface area contributed by atoms with Gasteiger partial charge in [0.05, 0.1) is 0 Å². The molecular weight excluding hydrogens is 221 g/mol. The van der Waals surface area contributed by atoms with E-state index >= 15 is 0 Å². The molecule has 58 valence electrons. The molecule has 0 aliphatic carbocycles. The van der Waals surface area contributed by atoms with Crippen molar-refractivity contribution in [2.75, 3.05) is 0 Å². The average Bonchev–Trinajstić information content (AvgIpc) is 0.811. The van der Waals surface area contributed by atoms with Crippen molar-refractivity contribution < 1.29 is 46.4 Å². The monoisotopic (exact) mass is 226 g/mol. The summed E-state index contributed by atoms with van der Waals surface area (Å²) in [6.45, 7) is 0.972. The predicted molar refractivity (Wildman–Crippen MR) is 18.2 cm³/mol. The number of halogens is 3. The molecule has 0 atom stereocenters. The minimum atomic E-state index is -1.08. The molecule has 0 aromatic rings. The topological polar surface area (TPSA) is 40.1 Å². The summed E-state index contributed by atoms with van der Waals surface area (Å²) in [5, 5.41) is 8.89. The number of aliphatic carboxylic acids is 1. The van der Waals surface area contributed by atoms with Gasteiger partial charge in [-0.3, -0.25) is 14.1 Å². The van der Waals surface area contributed by atoms with Crippen LogP contribution in [0, 0.1) is 0 Å². The second kappa shape index (κ2) is 28.0. The summed E-state index contributed by atoms with van der Waals surface area (Å²) < 4.78 is 0. The van der Waals surface area contributed by atoms with Crippen LogP contribution in [0.1, 0.15) is 6.92 Å². The molecule has 0 aromatic heterocycles. The van der Waals surface area contributed by atoms with E-state index in [1.165, 1.54) is 0 Å². The fraction of sp³-hybridized carbons (Fsp3) is 0.500. The summed E-state index contributed by atoms with van der Waals surface area (Å²) in [4.78, 5) is 8.89. The maximum atomic E-state index is 8.89. The zero-order valence-corrected chi connectivity index (χ0v) is 5.33. The van der Waals surface area contributed by atoms with E-state index in [-0.39, 0.29) is 36.5 Å². The van der Waals surface area contributed by atoms with Crippen LogP contribution < -0.4 is 5.11 Å². The Morgan fingerprint density at radius 1 is 1.25 bits per heavy atom. The second-order valence-corrected chi connectivity index (χ2v) is 0.492. The molecule has 0 radical (unpaired) electrons. The van der Waals surface area contributed by atoms with Gasteiger partial charge in [-0.1, -0.05) is 0 Å². The summed E-state index contributed by atoms with van der Waals surface area (Å²) >= 11 is 0. The van der Waals surface area contributed by atoms with Crippen LogP contribution in [0.25, 0.3) is 0 Å². The first-order valence-electron chi connectivity index (χ1n) is 0.908. The van der Waals surface area contributed by atoms with Gasteiger partial charge in [-0.15, -0.1) is 0 Å². The zero-order chi connectivity index (χ0) is 3.58. The molecule has 0 unspecified atom stereocenters. The van der Waals surface area contributed by atoms with E-state index in [2.05, 4.69) is 0 Å². The van der Waals surface area contributed by atoms with Crippen molar-refractivity contribution >= 4 is 5.97 Å². The van der Waals surface area contributed by atoms with Crippen molar-refractivity contribution in [3.8, 4) is 0 Å². The van der Waals surface area contributed by atoms with Gasteiger partial charge >= 0.3 is 22.4 Å². The molecule has 0 fully saturated rings. The van der Waals surface area contributed by atoms with Crippen LogP contribution in [-0.4, -0.2) is 5.97 Å². The van der Waals surface area contributed by atoms with Crippen molar-refractivity contribution in [1.82, 2.24) is 0 Å². The molecule has 0 heterocycles. The van der Waals surface area contributed by atoms with E-state index in [1.54, 1.807) is 0 Å². The van der Waals surface area contributed by atoms with E-state index < -0.39 is 5.97 Å². The molecule has 0 rings (SSSR count). The van der Waals surface area contributed by atoms with Crippen molar-refractivity contribution in [3.63, 3.8) is 0 Å². The van der Waals surface area contributed by atoms with Crippen molar-refractivity contribution in [2.24, 2.45) is 0 Å². The van der Waals surface area contributed by atoms with Crippen molar-refractivity contribution in [2.45, 2.75) is 6.92 Å². The van der Waals surface area contributed by atoms with Crippen LogP contribution in [0.4, 0.5) is 14.1 Å². The van der Waals surface area contributed by atoms with Crippen LogP contribution in [-0.2, 0) is 27.2 Å². The van der Waals surface area contributed by atoms with E-state index in [0.29, 0.717) is 0 Å². The molecule has 0 saturated heterocycles. The molecule has 0 bridgehead atoms. The summed E-state index contributed by atoms with van der Waals surface area (Å²) in [6, 6.07) is 0. The first-order chi connectivity index (χ1) is 1.73. The molecular formula is C2H6AgF3O2. The molecule has 0 saturated carbocycles. The van der Waals surface area contributed by atoms with Gasteiger partial charge < -0.3 is 9.90 Å². The van der Waals surface area contributed by atoms with Crippen LogP contribution in [0.5, 0.6) is 0 Å². The van der Waals surface area contributed by atoms with Crippen molar-refractivity contribution in [1.29, 1.82) is 0 Å². The van der Waals surface area contributed by atoms with Gasteiger partial charge in [-0.2, -0.15) is 0 Å².